The molecule has 3 heterocycles. The van der Waals surface area contributed by atoms with Gasteiger partial charge in [0.25, 0.3) is 5.91 Å². The van der Waals surface area contributed by atoms with E-state index >= 15 is 0 Å². The summed E-state index contributed by atoms with van der Waals surface area (Å²) in [5.41, 5.74) is -0.0445. The Morgan fingerprint density at radius 1 is 1.19 bits per heavy atom. The fourth-order valence-electron chi connectivity index (χ4n) is 3.41. The van der Waals surface area contributed by atoms with Crippen LogP contribution >= 0.6 is 11.6 Å². The number of carbonyl (C=O) groups is 1. The van der Waals surface area contributed by atoms with Crippen molar-refractivity contribution in [3.63, 3.8) is 0 Å². The zero-order chi connectivity index (χ0) is 22.9. The molecular formula is C21H19ClF3N5O2. The number of benzene rings is 1. The molecule has 1 saturated heterocycles. The molecule has 0 unspecified atom stereocenters. The molecule has 4 rings (SSSR count). The maximum Gasteiger partial charge on any atom is 0.416 e. The molecule has 32 heavy (non-hydrogen) atoms. The average Bonchev–Trinajstić information content (AvgIpc) is 3.13. The van der Waals surface area contributed by atoms with Gasteiger partial charge in [-0.2, -0.15) is 18.3 Å². The van der Waals surface area contributed by atoms with Gasteiger partial charge in [0.2, 0.25) is 0 Å². The number of rotatable bonds is 4. The number of hydrogen-bond donors (Lipinski definition) is 1. The van der Waals surface area contributed by atoms with Crippen molar-refractivity contribution in [2.24, 2.45) is 0 Å². The van der Waals surface area contributed by atoms with E-state index in [0.29, 0.717) is 43.4 Å². The van der Waals surface area contributed by atoms with Gasteiger partial charge in [0, 0.05) is 25.4 Å². The highest BCUT2D eigenvalue weighted by Gasteiger charge is 2.31. The third kappa shape index (κ3) is 4.56. The number of nitrogens with one attached hydrogen (secondary N) is 1. The summed E-state index contributed by atoms with van der Waals surface area (Å²) >= 11 is 6.17. The van der Waals surface area contributed by atoms with Crippen LogP contribution in [0.1, 0.15) is 21.6 Å². The van der Waals surface area contributed by atoms with E-state index in [-0.39, 0.29) is 16.5 Å². The van der Waals surface area contributed by atoms with E-state index in [9.17, 15) is 18.0 Å². The Morgan fingerprint density at radius 3 is 2.66 bits per heavy atom. The number of carbonyl (C=O) groups excluding carboxylic acids is 1. The first kappa shape index (κ1) is 22.1. The summed E-state index contributed by atoms with van der Waals surface area (Å²) in [7, 11) is 0. The van der Waals surface area contributed by atoms with Crippen LogP contribution < -0.4 is 10.2 Å². The van der Waals surface area contributed by atoms with Crippen LogP contribution in [0, 0.1) is 6.92 Å². The van der Waals surface area contributed by atoms with Crippen molar-refractivity contribution in [3.8, 4) is 5.69 Å². The van der Waals surface area contributed by atoms with Crippen LogP contribution in [0.2, 0.25) is 5.02 Å². The molecule has 0 atom stereocenters. The van der Waals surface area contributed by atoms with Crippen molar-refractivity contribution in [2.45, 2.75) is 13.1 Å². The molecule has 3 aromatic rings. The van der Waals surface area contributed by atoms with Crippen LogP contribution in [0.4, 0.5) is 24.8 Å². The number of aryl methyl sites for hydroxylation is 1. The molecule has 0 bridgehead atoms. The van der Waals surface area contributed by atoms with Crippen molar-refractivity contribution in [1.29, 1.82) is 0 Å². The molecule has 11 heteroatoms. The number of ether oxygens (including phenoxy) is 1. The Bertz CT molecular complexity index is 1140. The van der Waals surface area contributed by atoms with Crippen LogP contribution in [-0.4, -0.2) is 47.0 Å². The second-order valence-corrected chi connectivity index (χ2v) is 7.58. The summed E-state index contributed by atoms with van der Waals surface area (Å²) in [6.07, 6.45) is -2.95. The summed E-state index contributed by atoms with van der Waals surface area (Å²) < 4.78 is 46.2. The quantitative estimate of drug-likeness (QED) is 0.620. The number of anilines is 2. The molecular weight excluding hydrogens is 447 g/mol. The first-order valence-electron chi connectivity index (χ1n) is 9.77. The van der Waals surface area contributed by atoms with Gasteiger partial charge in [-0.05, 0) is 37.3 Å². The smallest absolute Gasteiger partial charge is 0.378 e. The summed E-state index contributed by atoms with van der Waals surface area (Å²) in [5.74, 6) is 0.225. The molecule has 0 spiro atoms. The molecule has 1 fully saturated rings. The van der Waals surface area contributed by atoms with Gasteiger partial charge in [0.1, 0.15) is 11.6 Å². The third-order valence-electron chi connectivity index (χ3n) is 4.92. The second-order valence-electron chi connectivity index (χ2n) is 7.17. The number of pyridine rings is 1. The van der Waals surface area contributed by atoms with Gasteiger partial charge in [-0.25, -0.2) is 9.67 Å². The number of hydrogen-bond acceptors (Lipinski definition) is 5. The summed E-state index contributed by atoms with van der Waals surface area (Å²) in [6.45, 7) is 3.90. The molecule has 0 saturated carbocycles. The molecule has 168 valence electrons. The number of nitrogens with zero attached hydrogens (tertiary/aromatic N) is 4. The van der Waals surface area contributed by atoms with E-state index in [4.69, 9.17) is 16.3 Å². The van der Waals surface area contributed by atoms with Crippen LogP contribution in [0.25, 0.3) is 5.69 Å². The van der Waals surface area contributed by atoms with E-state index in [1.54, 1.807) is 31.3 Å². The highest BCUT2D eigenvalue weighted by molar-refractivity contribution is 6.32. The van der Waals surface area contributed by atoms with Crippen molar-refractivity contribution in [1.82, 2.24) is 14.8 Å². The number of morpholine rings is 1. The standard InChI is InChI=1S/C21H19ClF3N5O2/c1-13-11-18(30(28-13)17-12-14(21(23,24)25)4-5-16(17)22)27-20(31)15-3-2-6-26-19(15)29-7-9-32-10-8-29/h2-6,11-12H,7-10H2,1H3,(H,27,31). The van der Waals surface area contributed by atoms with E-state index in [2.05, 4.69) is 15.4 Å². The lowest BCUT2D eigenvalue weighted by Gasteiger charge is -2.29. The van der Waals surface area contributed by atoms with Gasteiger partial charge in [-0.1, -0.05) is 11.6 Å². The Balaban J connectivity index is 1.68. The Labute approximate surface area is 186 Å². The fraction of sp³-hybridized carbons (Fsp3) is 0.286. The lowest BCUT2D eigenvalue weighted by atomic mass is 10.2. The summed E-state index contributed by atoms with van der Waals surface area (Å²) in [5, 5.41) is 7.03. The number of alkyl halides is 3. The predicted molar refractivity (Wildman–Crippen MR) is 114 cm³/mol. The zero-order valence-corrected chi connectivity index (χ0v) is 17.7. The Morgan fingerprint density at radius 2 is 1.94 bits per heavy atom. The second kappa shape index (κ2) is 8.79. The van der Waals surface area contributed by atoms with Gasteiger partial charge < -0.3 is 15.0 Å². The van der Waals surface area contributed by atoms with Crippen LogP contribution in [0.3, 0.4) is 0 Å². The van der Waals surface area contributed by atoms with Crippen LogP contribution in [-0.2, 0) is 10.9 Å². The Kier molecular flexibility index (Phi) is 6.07. The lowest BCUT2D eigenvalue weighted by molar-refractivity contribution is -0.137. The molecule has 0 aliphatic carbocycles. The van der Waals surface area contributed by atoms with E-state index in [1.807, 2.05) is 4.90 Å². The topological polar surface area (TPSA) is 72.3 Å². The maximum atomic E-state index is 13.2. The molecule has 0 radical (unpaired) electrons. The van der Waals surface area contributed by atoms with Crippen LogP contribution in [0.5, 0.6) is 0 Å². The van der Waals surface area contributed by atoms with Crippen molar-refractivity contribution < 1.29 is 22.7 Å². The molecule has 1 amide bonds. The minimum atomic E-state index is -4.55. The third-order valence-corrected chi connectivity index (χ3v) is 5.24. The number of halogens is 4. The normalized spacial score (nSPS) is 14.5. The molecule has 1 aliphatic rings. The van der Waals surface area contributed by atoms with E-state index < -0.39 is 17.6 Å². The predicted octanol–water partition coefficient (Wildman–Crippen LogP) is 4.34. The van der Waals surface area contributed by atoms with Gasteiger partial charge in [-0.3, -0.25) is 4.79 Å². The van der Waals surface area contributed by atoms with E-state index in [1.165, 1.54) is 4.68 Å². The monoisotopic (exact) mass is 465 g/mol. The molecule has 1 aliphatic heterocycles. The molecule has 2 aromatic heterocycles. The summed E-state index contributed by atoms with van der Waals surface area (Å²) in [4.78, 5) is 19.4. The SMILES string of the molecule is Cc1cc(NC(=O)c2cccnc2N2CCOCC2)n(-c2cc(C(F)(F)F)ccc2Cl)n1. The maximum absolute atomic E-state index is 13.2. The van der Waals surface area contributed by atoms with Crippen LogP contribution in [0.15, 0.2) is 42.6 Å². The number of amides is 1. The van der Waals surface area contributed by atoms with Crippen molar-refractivity contribution in [2.75, 3.05) is 36.5 Å². The van der Waals surface area contributed by atoms with Gasteiger partial charge >= 0.3 is 6.18 Å². The summed E-state index contributed by atoms with van der Waals surface area (Å²) in [6, 6.07) is 7.78. The minimum absolute atomic E-state index is 0.00415. The minimum Gasteiger partial charge on any atom is -0.378 e. The molecule has 7 nitrogen and oxygen atoms in total. The molecule has 1 aromatic carbocycles. The highest BCUT2D eigenvalue weighted by Crippen LogP contribution is 2.34. The first-order chi connectivity index (χ1) is 15.2. The lowest BCUT2D eigenvalue weighted by Crippen LogP contribution is -2.38. The van der Waals surface area contributed by atoms with Gasteiger partial charge in [0.15, 0.2) is 0 Å². The fourth-order valence-corrected chi connectivity index (χ4v) is 3.61. The number of aromatic nitrogens is 3. The van der Waals surface area contributed by atoms with Crippen molar-refractivity contribution in [3.05, 3.63) is 64.4 Å². The zero-order valence-electron chi connectivity index (χ0n) is 17.0. The van der Waals surface area contributed by atoms with E-state index in [0.717, 1.165) is 18.2 Å². The largest absolute Gasteiger partial charge is 0.416 e. The first-order valence-corrected chi connectivity index (χ1v) is 10.1. The average molecular weight is 466 g/mol. The Hall–Kier alpha value is -3.11. The van der Waals surface area contributed by atoms with Crippen molar-refractivity contribution >= 4 is 29.1 Å². The van der Waals surface area contributed by atoms with Gasteiger partial charge in [0.05, 0.1) is 40.7 Å². The van der Waals surface area contributed by atoms with Gasteiger partial charge in [-0.15, -0.1) is 0 Å². The highest BCUT2D eigenvalue weighted by atomic mass is 35.5. The molecule has 1 N–H and O–H groups in total.